The van der Waals surface area contributed by atoms with E-state index in [4.69, 9.17) is 9.57 Å². The van der Waals surface area contributed by atoms with Crippen LogP contribution in [0.25, 0.3) is 0 Å². The number of hydrogen-bond acceptors (Lipinski definition) is 12. The third kappa shape index (κ3) is 6.20. The number of hydrogen-bond donors (Lipinski definition) is 0. The van der Waals surface area contributed by atoms with Gasteiger partial charge in [0.25, 0.3) is 20.8 Å². The lowest BCUT2D eigenvalue weighted by atomic mass is 9.85. The van der Waals surface area contributed by atoms with Gasteiger partial charge in [0, 0.05) is 17.8 Å². The van der Waals surface area contributed by atoms with Crippen molar-refractivity contribution >= 4 is 0 Å². The van der Waals surface area contributed by atoms with E-state index in [2.05, 4.69) is 9.68 Å². The zero-order valence-electron chi connectivity index (χ0n) is 19.5. The van der Waals surface area contributed by atoms with E-state index in [0.29, 0.717) is 0 Å². The highest BCUT2D eigenvalue weighted by Gasteiger charge is 2.48. The molecule has 196 valence electrons. The number of ether oxygens (including phenoxy) is 1. The standard InChI is InChI=1S/C21H21N5O11/c1-21(2)20(37-26(32)33)19(15-10-13(12-22)5-6-17(15)35-21)23-8-7-14(11-18(23)27)16(36-25(30)31)4-3-9-34-24(28)29/h5-8,10-11,16,19-20H,3-4,9H2,1-2H3. The summed E-state index contributed by atoms with van der Waals surface area (Å²) in [6, 6.07) is 7.70. The van der Waals surface area contributed by atoms with E-state index in [-0.39, 0.29) is 41.9 Å². The quantitative estimate of drug-likeness (QED) is 0.238. The first-order chi connectivity index (χ1) is 17.4. The molecule has 0 bridgehead atoms. The van der Waals surface area contributed by atoms with Gasteiger partial charge in [-0.15, -0.1) is 30.3 Å². The molecule has 1 aromatic heterocycles. The van der Waals surface area contributed by atoms with Crippen LogP contribution in [-0.2, 0) is 14.5 Å². The molecule has 16 heteroatoms. The van der Waals surface area contributed by atoms with Crippen LogP contribution in [0, 0.1) is 41.7 Å². The molecule has 0 saturated heterocycles. The van der Waals surface area contributed by atoms with Crippen molar-refractivity contribution in [3.63, 3.8) is 0 Å². The summed E-state index contributed by atoms with van der Waals surface area (Å²) in [5.41, 5.74) is -1.39. The van der Waals surface area contributed by atoms with E-state index in [1.54, 1.807) is 13.8 Å². The van der Waals surface area contributed by atoms with E-state index in [0.717, 1.165) is 10.6 Å². The molecule has 0 amide bonds. The summed E-state index contributed by atoms with van der Waals surface area (Å²) in [7, 11) is 0. The molecular formula is C21H21N5O11. The molecule has 2 heterocycles. The van der Waals surface area contributed by atoms with Crippen LogP contribution in [-0.4, -0.2) is 38.1 Å². The van der Waals surface area contributed by atoms with Gasteiger partial charge in [0.15, 0.2) is 6.10 Å². The van der Waals surface area contributed by atoms with Gasteiger partial charge in [-0.25, -0.2) is 0 Å². The lowest BCUT2D eigenvalue weighted by Crippen LogP contribution is -2.54. The van der Waals surface area contributed by atoms with Gasteiger partial charge in [0.1, 0.15) is 17.5 Å². The molecule has 3 atom stereocenters. The largest absolute Gasteiger partial charge is 0.485 e. The van der Waals surface area contributed by atoms with Crippen LogP contribution in [0.1, 0.15) is 55.5 Å². The Morgan fingerprint density at radius 1 is 1.14 bits per heavy atom. The second kappa shape index (κ2) is 10.8. The van der Waals surface area contributed by atoms with Crippen molar-refractivity contribution < 1.29 is 34.5 Å². The number of nitrogens with zero attached hydrogens (tertiary/aromatic N) is 5. The number of benzene rings is 1. The van der Waals surface area contributed by atoms with Crippen molar-refractivity contribution in [1.82, 2.24) is 4.57 Å². The molecule has 16 nitrogen and oxygen atoms in total. The SMILES string of the molecule is CC1(C)Oc2ccc(C#N)cc2C(n2ccc(C(CCCO[N+](=O)[O-])O[N+](=O)[O-])cc2=O)C1O[N+](=O)[O-]. The normalized spacial score (nSPS) is 18.3. The van der Waals surface area contributed by atoms with Gasteiger partial charge < -0.3 is 23.8 Å². The summed E-state index contributed by atoms with van der Waals surface area (Å²) in [5.74, 6) is 0.286. The van der Waals surface area contributed by atoms with Gasteiger partial charge in [-0.1, -0.05) is 0 Å². The molecule has 0 fully saturated rings. The molecule has 2 aromatic rings. The maximum absolute atomic E-state index is 13.2. The molecule has 1 aliphatic rings. The van der Waals surface area contributed by atoms with Gasteiger partial charge in [-0.3, -0.25) is 4.79 Å². The number of rotatable bonds is 11. The minimum absolute atomic E-state index is 0.0137. The summed E-state index contributed by atoms with van der Waals surface area (Å²) < 4.78 is 7.03. The monoisotopic (exact) mass is 519 g/mol. The Hall–Kier alpha value is -4.94. The summed E-state index contributed by atoms with van der Waals surface area (Å²) in [5, 5.41) is 38.9. The number of fused-ring (bicyclic) bond motifs is 1. The molecule has 3 unspecified atom stereocenters. The third-order valence-corrected chi connectivity index (χ3v) is 5.67. The Balaban J connectivity index is 2.05. The van der Waals surface area contributed by atoms with Crippen LogP contribution < -0.4 is 10.3 Å². The van der Waals surface area contributed by atoms with E-state index in [1.165, 1.54) is 30.5 Å². The number of pyridine rings is 1. The zero-order valence-corrected chi connectivity index (χ0v) is 19.5. The minimum Gasteiger partial charge on any atom is -0.485 e. The maximum atomic E-state index is 13.2. The van der Waals surface area contributed by atoms with Crippen LogP contribution in [0.4, 0.5) is 0 Å². The Kier molecular flexibility index (Phi) is 7.76. The fraction of sp³-hybridized carbons (Fsp3) is 0.429. The molecule has 37 heavy (non-hydrogen) atoms. The summed E-state index contributed by atoms with van der Waals surface area (Å²) >= 11 is 0. The third-order valence-electron chi connectivity index (χ3n) is 5.67. The van der Waals surface area contributed by atoms with Crippen LogP contribution in [0.15, 0.2) is 41.3 Å². The molecule has 0 spiro atoms. The van der Waals surface area contributed by atoms with Gasteiger partial charge in [0.05, 0.1) is 24.3 Å². The topological polar surface area (TPSA) is 212 Å². The molecule has 0 aliphatic carbocycles. The first-order valence-corrected chi connectivity index (χ1v) is 10.8. The Morgan fingerprint density at radius 3 is 2.46 bits per heavy atom. The number of nitriles is 1. The average molecular weight is 519 g/mol. The first kappa shape index (κ1) is 26.7. The van der Waals surface area contributed by atoms with Crippen molar-refractivity contribution in [3.05, 3.63) is 93.9 Å². The molecular weight excluding hydrogens is 498 g/mol. The number of aromatic nitrogens is 1. The minimum atomic E-state index is -1.32. The lowest BCUT2D eigenvalue weighted by Gasteiger charge is -2.43. The van der Waals surface area contributed by atoms with Crippen LogP contribution >= 0.6 is 0 Å². The Labute approximate surface area is 207 Å². The predicted molar refractivity (Wildman–Crippen MR) is 120 cm³/mol. The van der Waals surface area contributed by atoms with E-state index in [9.17, 15) is 40.4 Å². The van der Waals surface area contributed by atoms with Gasteiger partial charge in [-0.05, 0) is 56.5 Å². The smallest absolute Gasteiger partial charge is 0.295 e. The molecule has 0 radical (unpaired) electrons. The van der Waals surface area contributed by atoms with Crippen molar-refractivity contribution in [3.8, 4) is 11.8 Å². The van der Waals surface area contributed by atoms with E-state index < -0.39 is 44.7 Å². The molecule has 1 aromatic carbocycles. The van der Waals surface area contributed by atoms with Gasteiger partial charge >= 0.3 is 0 Å². The van der Waals surface area contributed by atoms with Crippen LogP contribution in [0.3, 0.4) is 0 Å². The Morgan fingerprint density at radius 2 is 1.86 bits per heavy atom. The summed E-state index contributed by atoms with van der Waals surface area (Å²) in [4.78, 5) is 59.7. The second-order valence-corrected chi connectivity index (χ2v) is 8.49. The fourth-order valence-corrected chi connectivity index (χ4v) is 4.13. The highest BCUT2D eigenvalue weighted by atomic mass is 17.0. The predicted octanol–water partition coefficient (Wildman–Crippen LogP) is 2.30. The van der Waals surface area contributed by atoms with Crippen molar-refractivity contribution in [1.29, 1.82) is 5.26 Å². The maximum Gasteiger partial charge on any atom is 0.295 e. The Bertz CT molecular complexity index is 1300. The highest BCUT2D eigenvalue weighted by molar-refractivity contribution is 5.47. The summed E-state index contributed by atoms with van der Waals surface area (Å²) in [6.45, 7) is 2.75. The van der Waals surface area contributed by atoms with Crippen molar-refractivity contribution in [2.45, 2.75) is 50.5 Å². The molecule has 0 saturated carbocycles. The van der Waals surface area contributed by atoms with E-state index >= 15 is 0 Å². The molecule has 1 aliphatic heterocycles. The van der Waals surface area contributed by atoms with Crippen LogP contribution in [0.2, 0.25) is 0 Å². The van der Waals surface area contributed by atoms with Gasteiger partial charge in [0.2, 0.25) is 0 Å². The second-order valence-electron chi connectivity index (χ2n) is 8.49. The highest BCUT2D eigenvalue weighted by Crippen LogP contribution is 2.43. The summed E-state index contributed by atoms with van der Waals surface area (Å²) in [6.07, 6.45) is -1.35. The molecule has 3 rings (SSSR count). The first-order valence-electron chi connectivity index (χ1n) is 10.8. The van der Waals surface area contributed by atoms with Gasteiger partial charge in [-0.2, -0.15) is 5.26 Å². The lowest BCUT2D eigenvalue weighted by molar-refractivity contribution is -0.773. The van der Waals surface area contributed by atoms with E-state index in [1.807, 2.05) is 6.07 Å². The average Bonchev–Trinajstić information content (AvgIpc) is 2.81. The van der Waals surface area contributed by atoms with Crippen molar-refractivity contribution in [2.75, 3.05) is 6.61 Å². The van der Waals surface area contributed by atoms with Crippen molar-refractivity contribution in [2.24, 2.45) is 0 Å². The fourth-order valence-electron chi connectivity index (χ4n) is 4.13. The molecule has 0 N–H and O–H groups in total. The van der Waals surface area contributed by atoms with Crippen LogP contribution in [0.5, 0.6) is 5.75 Å². The zero-order chi connectivity index (χ0) is 27.3.